The van der Waals surface area contributed by atoms with Crippen LogP contribution >= 0.6 is 11.6 Å². The van der Waals surface area contributed by atoms with Gasteiger partial charge in [-0.05, 0) is 51.2 Å². The van der Waals surface area contributed by atoms with E-state index in [-0.39, 0.29) is 21.5 Å². The molecule has 1 heterocycles. The van der Waals surface area contributed by atoms with Gasteiger partial charge in [-0.2, -0.15) is 0 Å². The molecule has 1 aliphatic rings. The Labute approximate surface area is 135 Å². The lowest BCUT2D eigenvalue weighted by atomic mass is 10.1. The van der Waals surface area contributed by atoms with E-state index in [4.69, 9.17) is 11.6 Å². The van der Waals surface area contributed by atoms with Gasteiger partial charge in [0.25, 0.3) is 0 Å². The molecule has 8 heteroatoms. The van der Waals surface area contributed by atoms with Crippen LogP contribution in [0.5, 0.6) is 0 Å². The summed E-state index contributed by atoms with van der Waals surface area (Å²) in [6, 6.07) is 3.90. The number of hydrogen-bond acceptors (Lipinski definition) is 5. The molecule has 0 spiro atoms. The molecule has 122 valence electrons. The average Bonchev–Trinajstić information content (AvgIpc) is 2.48. The van der Waals surface area contributed by atoms with E-state index < -0.39 is 16.0 Å². The summed E-state index contributed by atoms with van der Waals surface area (Å²) in [4.78, 5) is 13.7. The van der Waals surface area contributed by atoms with Crippen molar-refractivity contribution in [1.29, 1.82) is 0 Å². The molecule has 0 unspecified atom stereocenters. The SMILES string of the molecule is COC(=O)c1ccc(S(=O)(=O)NC2CCN(C)CC2)cc1Cl. The largest absolute Gasteiger partial charge is 0.465 e. The third kappa shape index (κ3) is 3.98. The summed E-state index contributed by atoms with van der Waals surface area (Å²) >= 11 is 5.97. The Kier molecular flexibility index (Phi) is 5.44. The number of nitrogens with one attached hydrogen (secondary N) is 1. The number of halogens is 1. The standard InChI is InChI=1S/C14H19ClN2O4S/c1-17-7-5-10(6-8-17)16-22(19,20)11-3-4-12(13(15)9-11)14(18)21-2/h3-4,9-10,16H,5-8H2,1-2H3. The van der Waals surface area contributed by atoms with Gasteiger partial charge >= 0.3 is 5.97 Å². The molecule has 0 bridgehead atoms. The second-order valence-corrected chi connectivity index (χ2v) is 7.45. The Balaban J connectivity index is 2.16. The fourth-order valence-electron chi connectivity index (χ4n) is 2.35. The maximum absolute atomic E-state index is 12.4. The Morgan fingerprint density at radius 1 is 1.36 bits per heavy atom. The zero-order valence-corrected chi connectivity index (χ0v) is 14.1. The normalized spacial score (nSPS) is 17.4. The lowest BCUT2D eigenvalue weighted by Crippen LogP contribution is -2.43. The van der Waals surface area contributed by atoms with Gasteiger partial charge in [-0.1, -0.05) is 11.6 Å². The first-order valence-electron chi connectivity index (χ1n) is 6.92. The van der Waals surface area contributed by atoms with Crippen LogP contribution in [0.4, 0.5) is 0 Å². The quantitative estimate of drug-likeness (QED) is 0.836. The smallest absolute Gasteiger partial charge is 0.339 e. The molecule has 0 aromatic heterocycles. The highest BCUT2D eigenvalue weighted by Crippen LogP contribution is 2.22. The first-order valence-corrected chi connectivity index (χ1v) is 8.78. The molecule has 2 rings (SSSR count). The number of likely N-dealkylation sites (tertiary alicyclic amines) is 1. The number of ether oxygens (including phenoxy) is 1. The average molecular weight is 347 g/mol. The molecule has 0 aliphatic carbocycles. The van der Waals surface area contributed by atoms with Gasteiger partial charge in [0.1, 0.15) is 0 Å². The van der Waals surface area contributed by atoms with Crippen LogP contribution in [0.3, 0.4) is 0 Å². The number of carbonyl (C=O) groups is 1. The van der Waals surface area contributed by atoms with E-state index in [2.05, 4.69) is 14.4 Å². The van der Waals surface area contributed by atoms with Gasteiger partial charge < -0.3 is 9.64 Å². The summed E-state index contributed by atoms with van der Waals surface area (Å²) in [7, 11) is -0.403. The van der Waals surface area contributed by atoms with Crippen molar-refractivity contribution in [1.82, 2.24) is 9.62 Å². The van der Waals surface area contributed by atoms with Gasteiger partial charge in [0, 0.05) is 6.04 Å². The number of hydrogen-bond donors (Lipinski definition) is 1. The Morgan fingerprint density at radius 2 is 2.00 bits per heavy atom. The number of carbonyl (C=O) groups excluding carboxylic acids is 1. The van der Waals surface area contributed by atoms with Crippen LogP contribution < -0.4 is 4.72 Å². The highest BCUT2D eigenvalue weighted by atomic mass is 35.5. The molecule has 0 atom stereocenters. The molecular formula is C14H19ClN2O4S. The lowest BCUT2D eigenvalue weighted by molar-refractivity contribution is 0.0601. The van der Waals surface area contributed by atoms with Crippen molar-refractivity contribution >= 4 is 27.6 Å². The topological polar surface area (TPSA) is 75.7 Å². The van der Waals surface area contributed by atoms with Crippen LogP contribution in [0.1, 0.15) is 23.2 Å². The number of sulfonamides is 1. The summed E-state index contributed by atoms with van der Waals surface area (Å²) in [5.41, 5.74) is 0.141. The lowest BCUT2D eigenvalue weighted by Gasteiger charge is -2.29. The maximum atomic E-state index is 12.4. The van der Waals surface area contributed by atoms with Gasteiger partial charge in [0.15, 0.2) is 0 Å². The Hall–Kier alpha value is -1.15. The van der Waals surface area contributed by atoms with Crippen molar-refractivity contribution in [3.63, 3.8) is 0 Å². The fourth-order valence-corrected chi connectivity index (χ4v) is 4.01. The molecule has 1 N–H and O–H groups in total. The first-order chi connectivity index (χ1) is 10.3. The van der Waals surface area contributed by atoms with Gasteiger partial charge in [-0.25, -0.2) is 17.9 Å². The number of piperidine rings is 1. The minimum atomic E-state index is -3.65. The molecule has 1 aliphatic heterocycles. The van der Waals surface area contributed by atoms with E-state index in [0.29, 0.717) is 0 Å². The predicted molar refractivity (Wildman–Crippen MR) is 83.6 cm³/mol. The molecule has 22 heavy (non-hydrogen) atoms. The molecule has 1 aromatic carbocycles. The van der Waals surface area contributed by atoms with E-state index in [1.54, 1.807) is 0 Å². The molecular weight excluding hydrogens is 328 g/mol. The monoisotopic (exact) mass is 346 g/mol. The molecule has 0 saturated carbocycles. The molecule has 1 aromatic rings. The third-order valence-electron chi connectivity index (χ3n) is 3.70. The van der Waals surface area contributed by atoms with Gasteiger partial charge in [0.2, 0.25) is 10.0 Å². The summed E-state index contributed by atoms with van der Waals surface area (Å²) in [6.45, 7) is 1.71. The summed E-state index contributed by atoms with van der Waals surface area (Å²) < 4.78 is 32.0. The zero-order chi connectivity index (χ0) is 16.3. The van der Waals surface area contributed by atoms with Gasteiger partial charge in [-0.15, -0.1) is 0 Å². The second-order valence-electron chi connectivity index (χ2n) is 5.33. The minimum Gasteiger partial charge on any atom is -0.465 e. The predicted octanol–water partition coefficient (Wildman–Crippen LogP) is 1.50. The van der Waals surface area contributed by atoms with E-state index in [1.807, 2.05) is 7.05 Å². The molecule has 0 amide bonds. The van der Waals surface area contributed by atoms with Crippen molar-refractivity contribution in [2.45, 2.75) is 23.8 Å². The molecule has 6 nitrogen and oxygen atoms in total. The van der Waals surface area contributed by atoms with Crippen LogP contribution in [-0.4, -0.2) is 52.6 Å². The van der Waals surface area contributed by atoms with Crippen molar-refractivity contribution in [2.75, 3.05) is 27.2 Å². The van der Waals surface area contributed by atoms with Gasteiger partial charge in [-0.3, -0.25) is 0 Å². The number of nitrogens with zero attached hydrogens (tertiary/aromatic N) is 1. The Morgan fingerprint density at radius 3 is 2.55 bits per heavy atom. The van der Waals surface area contributed by atoms with Crippen molar-refractivity contribution in [3.8, 4) is 0 Å². The number of methoxy groups -OCH3 is 1. The highest BCUT2D eigenvalue weighted by molar-refractivity contribution is 7.89. The minimum absolute atomic E-state index is 0.0454. The third-order valence-corrected chi connectivity index (χ3v) is 5.53. The first kappa shape index (κ1) is 17.2. The summed E-state index contributed by atoms with van der Waals surface area (Å²) in [6.07, 6.45) is 1.54. The molecule has 0 radical (unpaired) electrons. The van der Waals surface area contributed by atoms with Crippen LogP contribution in [0.2, 0.25) is 5.02 Å². The van der Waals surface area contributed by atoms with Crippen molar-refractivity contribution in [3.05, 3.63) is 28.8 Å². The second kappa shape index (κ2) is 6.95. The van der Waals surface area contributed by atoms with Crippen LogP contribution in [0.25, 0.3) is 0 Å². The van der Waals surface area contributed by atoms with Crippen LogP contribution in [-0.2, 0) is 14.8 Å². The molecule has 1 fully saturated rings. The maximum Gasteiger partial charge on any atom is 0.339 e. The summed E-state index contributed by atoms with van der Waals surface area (Å²) in [5.74, 6) is -0.600. The van der Waals surface area contributed by atoms with Crippen molar-refractivity contribution in [2.24, 2.45) is 0 Å². The molecule has 1 saturated heterocycles. The fraction of sp³-hybridized carbons (Fsp3) is 0.500. The number of benzene rings is 1. The van der Waals surface area contributed by atoms with Crippen molar-refractivity contribution < 1.29 is 17.9 Å². The summed E-state index contributed by atoms with van der Waals surface area (Å²) in [5, 5.41) is 0.0538. The number of esters is 1. The Bertz CT molecular complexity index is 655. The van der Waals surface area contributed by atoms with E-state index >= 15 is 0 Å². The van der Waals surface area contributed by atoms with E-state index in [1.165, 1.54) is 25.3 Å². The van der Waals surface area contributed by atoms with E-state index in [0.717, 1.165) is 25.9 Å². The van der Waals surface area contributed by atoms with E-state index in [9.17, 15) is 13.2 Å². The van der Waals surface area contributed by atoms with Crippen LogP contribution in [0.15, 0.2) is 23.1 Å². The van der Waals surface area contributed by atoms with Crippen LogP contribution in [0, 0.1) is 0 Å². The number of rotatable bonds is 4. The zero-order valence-electron chi connectivity index (χ0n) is 12.5. The highest BCUT2D eigenvalue weighted by Gasteiger charge is 2.24. The van der Waals surface area contributed by atoms with Gasteiger partial charge in [0.05, 0.1) is 22.6 Å².